The largest absolute Gasteiger partial charge is 0.485 e. The molecule has 2 aromatic carbocycles. The van der Waals surface area contributed by atoms with Crippen LogP contribution in [0.25, 0.3) is 0 Å². The molecule has 2 aromatic rings. The van der Waals surface area contributed by atoms with Crippen molar-refractivity contribution in [1.29, 1.82) is 0 Å². The highest BCUT2D eigenvalue weighted by Crippen LogP contribution is 2.31. The van der Waals surface area contributed by atoms with Crippen molar-refractivity contribution in [2.45, 2.75) is 19.1 Å². The van der Waals surface area contributed by atoms with Crippen LogP contribution >= 0.6 is 15.9 Å². The van der Waals surface area contributed by atoms with Gasteiger partial charge in [0.1, 0.15) is 6.61 Å². The molecule has 1 N–H and O–H groups in total. The van der Waals surface area contributed by atoms with Crippen molar-refractivity contribution < 1.29 is 14.3 Å². The molecule has 2 atom stereocenters. The second-order valence-electron chi connectivity index (χ2n) is 5.12. The monoisotopic (exact) mass is 361 g/mol. The number of hydrogen-bond donors (Lipinski definition) is 1. The van der Waals surface area contributed by atoms with Crippen molar-refractivity contribution in [3.05, 3.63) is 58.6 Å². The number of halogens is 1. The standard InChI is InChI=1S/C17H16BrNO3/c1-11(12-6-2-3-7-13(12)18)19-17(20)16-10-21-14-8-4-5-9-15(14)22-16/h2-9,11,16H,10H2,1H3,(H,19,20)/t11-,16+/m1/s1. The average molecular weight is 362 g/mol. The summed E-state index contributed by atoms with van der Waals surface area (Å²) in [7, 11) is 0. The quantitative estimate of drug-likeness (QED) is 0.910. The number of benzene rings is 2. The molecule has 0 spiro atoms. The van der Waals surface area contributed by atoms with E-state index in [1.54, 1.807) is 6.07 Å². The third-order valence-electron chi connectivity index (χ3n) is 3.53. The first-order valence-electron chi connectivity index (χ1n) is 7.08. The molecule has 1 amide bonds. The van der Waals surface area contributed by atoms with Crippen LogP contribution < -0.4 is 14.8 Å². The van der Waals surface area contributed by atoms with Gasteiger partial charge in [-0.2, -0.15) is 0 Å². The van der Waals surface area contributed by atoms with Gasteiger partial charge in [0.05, 0.1) is 6.04 Å². The Morgan fingerprint density at radius 3 is 2.64 bits per heavy atom. The molecule has 22 heavy (non-hydrogen) atoms. The van der Waals surface area contributed by atoms with Gasteiger partial charge in [-0.3, -0.25) is 4.79 Å². The minimum absolute atomic E-state index is 0.121. The van der Waals surface area contributed by atoms with E-state index < -0.39 is 6.10 Å². The molecular formula is C17H16BrNO3. The number of amides is 1. The van der Waals surface area contributed by atoms with Crippen LogP contribution in [0.15, 0.2) is 53.0 Å². The lowest BCUT2D eigenvalue weighted by molar-refractivity contribution is -0.131. The molecule has 3 rings (SSSR count). The summed E-state index contributed by atoms with van der Waals surface area (Å²) in [6, 6.07) is 15.0. The van der Waals surface area contributed by atoms with Gasteiger partial charge in [0.2, 0.25) is 6.10 Å². The molecular weight excluding hydrogens is 346 g/mol. The maximum Gasteiger partial charge on any atom is 0.265 e. The summed E-state index contributed by atoms with van der Waals surface area (Å²) in [6.07, 6.45) is -0.639. The van der Waals surface area contributed by atoms with E-state index >= 15 is 0 Å². The van der Waals surface area contributed by atoms with Gasteiger partial charge in [-0.25, -0.2) is 0 Å². The molecule has 0 bridgehead atoms. The average Bonchev–Trinajstić information content (AvgIpc) is 2.54. The van der Waals surface area contributed by atoms with Crippen LogP contribution in [-0.2, 0) is 4.79 Å². The van der Waals surface area contributed by atoms with Crippen molar-refractivity contribution in [1.82, 2.24) is 5.32 Å². The Morgan fingerprint density at radius 2 is 1.86 bits per heavy atom. The number of para-hydroxylation sites is 2. The van der Waals surface area contributed by atoms with E-state index in [-0.39, 0.29) is 18.6 Å². The van der Waals surface area contributed by atoms with Gasteiger partial charge < -0.3 is 14.8 Å². The zero-order valence-corrected chi connectivity index (χ0v) is 13.7. The lowest BCUT2D eigenvalue weighted by Crippen LogP contribution is -2.44. The minimum Gasteiger partial charge on any atom is -0.485 e. The summed E-state index contributed by atoms with van der Waals surface area (Å²) in [5.74, 6) is 1.09. The Labute approximate surface area is 137 Å². The molecule has 0 fully saturated rings. The van der Waals surface area contributed by atoms with E-state index in [1.165, 1.54) is 0 Å². The van der Waals surface area contributed by atoms with Gasteiger partial charge in [0.15, 0.2) is 11.5 Å². The van der Waals surface area contributed by atoms with Gasteiger partial charge in [-0.15, -0.1) is 0 Å². The summed E-state index contributed by atoms with van der Waals surface area (Å²) in [4.78, 5) is 12.4. The third-order valence-corrected chi connectivity index (χ3v) is 4.25. The zero-order valence-electron chi connectivity index (χ0n) is 12.1. The highest BCUT2D eigenvalue weighted by atomic mass is 79.9. The lowest BCUT2D eigenvalue weighted by Gasteiger charge is -2.27. The summed E-state index contributed by atoms with van der Waals surface area (Å²) >= 11 is 3.50. The molecule has 0 saturated carbocycles. The van der Waals surface area contributed by atoms with E-state index in [2.05, 4.69) is 21.2 Å². The van der Waals surface area contributed by atoms with Crippen LogP contribution in [0, 0.1) is 0 Å². The van der Waals surface area contributed by atoms with Crippen molar-refractivity contribution in [2.75, 3.05) is 6.61 Å². The Balaban J connectivity index is 1.67. The molecule has 114 valence electrons. The molecule has 0 radical (unpaired) electrons. The summed E-state index contributed by atoms with van der Waals surface area (Å²) in [6.45, 7) is 2.15. The number of fused-ring (bicyclic) bond motifs is 1. The maximum atomic E-state index is 12.4. The van der Waals surface area contributed by atoms with Gasteiger partial charge >= 0.3 is 0 Å². The molecule has 1 heterocycles. The summed E-state index contributed by atoms with van der Waals surface area (Å²) < 4.78 is 12.3. The van der Waals surface area contributed by atoms with Crippen LogP contribution in [0.3, 0.4) is 0 Å². The van der Waals surface area contributed by atoms with Gasteiger partial charge in [0.25, 0.3) is 5.91 Å². The first kappa shape index (κ1) is 14.9. The van der Waals surface area contributed by atoms with E-state index in [0.717, 1.165) is 10.0 Å². The van der Waals surface area contributed by atoms with Crippen LogP contribution in [0.1, 0.15) is 18.5 Å². The highest BCUT2D eigenvalue weighted by Gasteiger charge is 2.28. The number of ether oxygens (including phenoxy) is 2. The van der Waals surface area contributed by atoms with E-state index in [4.69, 9.17) is 9.47 Å². The number of rotatable bonds is 3. The van der Waals surface area contributed by atoms with E-state index in [9.17, 15) is 4.79 Å². The molecule has 4 nitrogen and oxygen atoms in total. The number of carbonyl (C=O) groups excluding carboxylic acids is 1. The van der Waals surface area contributed by atoms with Crippen LogP contribution in [0.2, 0.25) is 0 Å². The molecule has 0 saturated heterocycles. The summed E-state index contributed by atoms with van der Waals surface area (Å²) in [5.41, 5.74) is 1.02. The van der Waals surface area contributed by atoms with Gasteiger partial charge in [0, 0.05) is 4.47 Å². The fraction of sp³-hybridized carbons (Fsp3) is 0.235. The molecule has 0 aromatic heterocycles. The lowest BCUT2D eigenvalue weighted by atomic mass is 10.1. The van der Waals surface area contributed by atoms with Crippen molar-refractivity contribution in [2.24, 2.45) is 0 Å². The maximum absolute atomic E-state index is 12.4. The number of nitrogens with one attached hydrogen (secondary N) is 1. The van der Waals surface area contributed by atoms with E-state index in [1.807, 2.05) is 49.4 Å². The minimum atomic E-state index is -0.639. The molecule has 0 unspecified atom stereocenters. The SMILES string of the molecule is C[C@@H](NC(=O)[C@@H]1COc2ccccc2O1)c1ccccc1Br. The van der Waals surface area contributed by atoms with Gasteiger partial charge in [-0.05, 0) is 30.7 Å². The smallest absolute Gasteiger partial charge is 0.265 e. The second-order valence-corrected chi connectivity index (χ2v) is 5.97. The van der Waals surface area contributed by atoms with Crippen LogP contribution in [-0.4, -0.2) is 18.6 Å². The molecule has 5 heteroatoms. The fourth-order valence-electron chi connectivity index (χ4n) is 2.36. The third kappa shape index (κ3) is 3.09. The van der Waals surface area contributed by atoms with E-state index in [0.29, 0.717) is 11.5 Å². The fourth-order valence-corrected chi connectivity index (χ4v) is 2.99. The molecule has 1 aliphatic rings. The molecule has 0 aliphatic carbocycles. The van der Waals surface area contributed by atoms with Crippen LogP contribution in [0.5, 0.6) is 11.5 Å². The normalized spacial score (nSPS) is 17.6. The topological polar surface area (TPSA) is 47.6 Å². The van der Waals surface area contributed by atoms with Crippen LogP contribution in [0.4, 0.5) is 0 Å². The highest BCUT2D eigenvalue weighted by molar-refractivity contribution is 9.10. The van der Waals surface area contributed by atoms with Crippen molar-refractivity contribution in [3.63, 3.8) is 0 Å². The predicted molar refractivity (Wildman–Crippen MR) is 87.1 cm³/mol. The zero-order chi connectivity index (χ0) is 15.5. The predicted octanol–water partition coefficient (Wildman–Crippen LogP) is 3.47. The first-order valence-corrected chi connectivity index (χ1v) is 7.88. The molecule has 1 aliphatic heterocycles. The second kappa shape index (κ2) is 6.40. The Hall–Kier alpha value is -2.01. The Bertz CT molecular complexity index is 689. The van der Waals surface area contributed by atoms with Gasteiger partial charge in [-0.1, -0.05) is 46.3 Å². The Kier molecular flexibility index (Phi) is 4.34. The summed E-state index contributed by atoms with van der Waals surface area (Å²) in [5, 5.41) is 2.96. The first-order chi connectivity index (χ1) is 10.6. The van der Waals surface area contributed by atoms with Crippen molar-refractivity contribution >= 4 is 21.8 Å². The van der Waals surface area contributed by atoms with Crippen molar-refractivity contribution in [3.8, 4) is 11.5 Å². The number of carbonyl (C=O) groups is 1. The Morgan fingerprint density at radius 1 is 1.18 bits per heavy atom. The number of hydrogen-bond acceptors (Lipinski definition) is 3.